The summed E-state index contributed by atoms with van der Waals surface area (Å²) in [5, 5.41) is 12.9. The predicted octanol–water partition coefficient (Wildman–Crippen LogP) is 3.80. The molecule has 146 valence electrons. The highest BCUT2D eigenvalue weighted by Gasteiger charge is 2.43. The van der Waals surface area contributed by atoms with Crippen LogP contribution in [0.4, 0.5) is 0 Å². The summed E-state index contributed by atoms with van der Waals surface area (Å²) >= 11 is 0. The van der Waals surface area contributed by atoms with Gasteiger partial charge in [0.15, 0.2) is 0 Å². The van der Waals surface area contributed by atoms with Crippen molar-refractivity contribution in [1.29, 1.82) is 0 Å². The van der Waals surface area contributed by atoms with Crippen LogP contribution in [0.15, 0.2) is 60.7 Å². The summed E-state index contributed by atoms with van der Waals surface area (Å²) in [7, 11) is 0. The quantitative estimate of drug-likeness (QED) is 0.733. The molecule has 2 aliphatic rings. The van der Waals surface area contributed by atoms with Gasteiger partial charge in [-0.3, -0.25) is 0 Å². The monoisotopic (exact) mass is 382 g/mol. The van der Waals surface area contributed by atoms with Crippen molar-refractivity contribution in [3.05, 3.63) is 71.4 Å². The molecule has 0 aliphatic heterocycles. The summed E-state index contributed by atoms with van der Waals surface area (Å²) in [4.78, 5) is 10.2. The summed E-state index contributed by atoms with van der Waals surface area (Å²) < 4.78 is 0. The molecule has 1 heterocycles. The zero-order chi connectivity index (χ0) is 20.0. The standard InChI is InChI=1S/C26H26N2O/c1-17-13-14-26(2,29)21-16-23-22(15-20(17)21)27-24(18-9-5-3-6-10-18)25(28-23)19-11-7-4-8-12-19/h3-12,15-17,20-21,29H,13-14H2,1-2H3. The van der Waals surface area contributed by atoms with Crippen LogP contribution in [0, 0.1) is 17.8 Å². The van der Waals surface area contributed by atoms with Crippen molar-refractivity contribution >= 4 is 12.2 Å². The van der Waals surface area contributed by atoms with Crippen molar-refractivity contribution in [2.75, 3.05) is 0 Å². The molecule has 3 aromatic rings. The molecule has 1 saturated carbocycles. The third kappa shape index (κ3) is 3.20. The van der Waals surface area contributed by atoms with Gasteiger partial charge in [0.1, 0.15) is 0 Å². The maximum atomic E-state index is 11.0. The fourth-order valence-electron chi connectivity index (χ4n) is 4.86. The van der Waals surface area contributed by atoms with E-state index >= 15 is 0 Å². The molecule has 29 heavy (non-hydrogen) atoms. The van der Waals surface area contributed by atoms with Gasteiger partial charge < -0.3 is 5.11 Å². The van der Waals surface area contributed by atoms with Crippen LogP contribution in [0.5, 0.6) is 0 Å². The first-order valence-corrected chi connectivity index (χ1v) is 10.5. The Morgan fingerprint density at radius 1 is 0.828 bits per heavy atom. The van der Waals surface area contributed by atoms with Crippen LogP contribution in [0.25, 0.3) is 34.7 Å². The Labute approximate surface area is 171 Å². The van der Waals surface area contributed by atoms with Gasteiger partial charge in [-0.2, -0.15) is 0 Å². The highest BCUT2D eigenvalue weighted by Crippen LogP contribution is 2.43. The summed E-state index contributed by atoms with van der Waals surface area (Å²) in [5.41, 5.74) is 3.23. The van der Waals surface area contributed by atoms with Crippen LogP contribution in [-0.2, 0) is 0 Å². The van der Waals surface area contributed by atoms with E-state index in [1.54, 1.807) is 0 Å². The van der Waals surface area contributed by atoms with Crippen molar-refractivity contribution in [3.63, 3.8) is 0 Å². The molecule has 0 bridgehead atoms. The van der Waals surface area contributed by atoms with E-state index in [9.17, 15) is 5.11 Å². The van der Waals surface area contributed by atoms with E-state index in [0.29, 0.717) is 11.8 Å². The number of aromatic nitrogens is 2. The Hall–Kier alpha value is -2.78. The number of nitrogens with zero attached hydrogens (tertiary/aromatic N) is 2. The Bertz CT molecular complexity index is 1150. The number of benzene rings is 2. The zero-order valence-electron chi connectivity index (χ0n) is 16.9. The first-order valence-electron chi connectivity index (χ1n) is 10.5. The molecule has 0 amide bonds. The van der Waals surface area contributed by atoms with Crippen LogP contribution >= 0.6 is 0 Å². The molecule has 4 atom stereocenters. The van der Waals surface area contributed by atoms with Gasteiger partial charge in [0.25, 0.3) is 0 Å². The first-order chi connectivity index (χ1) is 14.0. The number of hydrogen-bond donors (Lipinski definition) is 1. The second-order valence-corrected chi connectivity index (χ2v) is 8.73. The molecule has 0 radical (unpaired) electrons. The van der Waals surface area contributed by atoms with Crippen molar-refractivity contribution in [2.24, 2.45) is 17.8 Å². The second-order valence-electron chi connectivity index (χ2n) is 8.73. The van der Waals surface area contributed by atoms with E-state index in [-0.39, 0.29) is 5.92 Å². The van der Waals surface area contributed by atoms with Crippen LogP contribution in [0.3, 0.4) is 0 Å². The summed E-state index contributed by atoms with van der Waals surface area (Å²) in [6.07, 6.45) is 6.29. The van der Waals surface area contributed by atoms with Crippen LogP contribution in [0.2, 0.25) is 0 Å². The zero-order valence-corrected chi connectivity index (χ0v) is 16.9. The molecule has 2 aromatic carbocycles. The SMILES string of the molecule is CC1CCC(C)(O)C2C=c3nc(-c4ccccc4)c(-c4ccccc4)nc3=CC12. The average molecular weight is 383 g/mol. The number of fused-ring (bicyclic) bond motifs is 2. The maximum Gasteiger partial charge on any atom is 0.0972 e. The number of aliphatic hydroxyl groups is 1. The fraction of sp³-hybridized carbons (Fsp3) is 0.308. The molecular formula is C26H26N2O. The third-order valence-corrected chi connectivity index (χ3v) is 6.63. The lowest BCUT2D eigenvalue weighted by atomic mass is 9.64. The van der Waals surface area contributed by atoms with Gasteiger partial charge in [0.2, 0.25) is 0 Å². The Morgan fingerprint density at radius 2 is 1.34 bits per heavy atom. The van der Waals surface area contributed by atoms with Crippen molar-refractivity contribution in [3.8, 4) is 22.5 Å². The van der Waals surface area contributed by atoms with E-state index in [1.165, 1.54) is 0 Å². The molecule has 4 unspecified atom stereocenters. The van der Waals surface area contributed by atoms with Gasteiger partial charge in [-0.05, 0) is 37.7 Å². The van der Waals surface area contributed by atoms with E-state index in [1.807, 2.05) is 43.3 Å². The van der Waals surface area contributed by atoms with Crippen LogP contribution in [-0.4, -0.2) is 20.7 Å². The molecule has 0 saturated heterocycles. The molecule has 1 N–H and O–H groups in total. The van der Waals surface area contributed by atoms with E-state index in [4.69, 9.17) is 9.97 Å². The molecule has 3 heteroatoms. The number of hydrogen-bond acceptors (Lipinski definition) is 3. The topological polar surface area (TPSA) is 46.0 Å². The van der Waals surface area contributed by atoms with Crippen molar-refractivity contribution in [1.82, 2.24) is 9.97 Å². The van der Waals surface area contributed by atoms with E-state index in [0.717, 1.165) is 46.1 Å². The van der Waals surface area contributed by atoms with Gasteiger partial charge in [-0.15, -0.1) is 0 Å². The van der Waals surface area contributed by atoms with Crippen LogP contribution in [0.1, 0.15) is 26.7 Å². The lowest BCUT2D eigenvalue weighted by molar-refractivity contribution is -0.0351. The molecule has 3 nitrogen and oxygen atoms in total. The van der Waals surface area contributed by atoms with Gasteiger partial charge in [0, 0.05) is 17.0 Å². The predicted molar refractivity (Wildman–Crippen MR) is 117 cm³/mol. The minimum absolute atomic E-state index is 0.0826. The highest BCUT2D eigenvalue weighted by atomic mass is 16.3. The summed E-state index contributed by atoms with van der Waals surface area (Å²) in [6, 6.07) is 20.5. The Kier molecular flexibility index (Phi) is 4.36. The maximum absolute atomic E-state index is 11.0. The lowest BCUT2D eigenvalue weighted by Crippen LogP contribution is -2.50. The van der Waals surface area contributed by atoms with Crippen LogP contribution < -0.4 is 10.7 Å². The molecule has 1 aromatic heterocycles. The normalized spacial score (nSPS) is 27.9. The van der Waals surface area contributed by atoms with Gasteiger partial charge in [0.05, 0.1) is 27.7 Å². The molecule has 0 spiro atoms. The Morgan fingerprint density at radius 3 is 1.90 bits per heavy atom. The second kappa shape index (κ2) is 6.93. The van der Waals surface area contributed by atoms with Gasteiger partial charge in [-0.1, -0.05) is 73.7 Å². The van der Waals surface area contributed by atoms with Gasteiger partial charge in [-0.25, -0.2) is 9.97 Å². The van der Waals surface area contributed by atoms with E-state index in [2.05, 4.69) is 43.3 Å². The summed E-state index contributed by atoms with van der Waals surface area (Å²) in [5.74, 6) is 0.909. The minimum atomic E-state index is -0.696. The lowest BCUT2D eigenvalue weighted by Gasteiger charge is -2.44. The molecule has 1 fully saturated rings. The fourth-order valence-corrected chi connectivity index (χ4v) is 4.86. The highest BCUT2D eigenvalue weighted by molar-refractivity contribution is 5.77. The van der Waals surface area contributed by atoms with Crippen molar-refractivity contribution in [2.45, 2.75) is 32.3 Å². The molecular weight excluding hydrogens is 356 g/mol. The largest absolute Gasteiger partial charge is 0.390 e. The Balaban J connectivity index is 1.77. The molecule has 2 aliphatic carbocycles. The minimum Gasteiger partial charge on any atom is -0.390 e. The average Bonchev–Trinajstić information content (AvgIpc) is 2.76. The van der Waals surface area contributed by atoms with Crippen molar-refractivity contribution < 1.29 is 5.11 Å². The third-order valence-electron chi connectivity index (χ3n) is 6.63. The van der Waals surface area contributed by atoms with Gasteiger partial charge >= 0.3 is 0 Å². The summed E-state index contributed by atoms with van der Waals surface area (Å²) in [6.45, 7) is 4.25. The first kappa shape index (κ1) is 18.3. The van der Waals surface area contributed by atoms with E-state index < -0.39 is 5.60 Å². The smallest absolute Gasteiger partial charge is 0.0972 e. The molecule has 5 rings (SSSR count). The number of rotatable bonds is 2.